The lowest BCUT2D eigenvalue weighted by Gasteiger charge is -2.30. The molecule has 0 bridgehead atoms. The van der Waals surface area contributed by atoms with Crippen molar-refractivity contribution in [3.63, 3.8) is 0 Å². The summed E-state index contributed by atoms with van der Waals surface area (Å²) in [4.78, 5) is 0. The summed E-state index contributed by atoms with van der Waals surface area (Å²) in [6.45, 7) is 17.6. The molecule has 0 aromatic heterocycles. The summed E-state index contributed by atoms with van der Waals surface area (Å²) in [6.07, 6.45) is 2.51. The van der Waals surface area contributed by atoms with Crippen LogP contribution in [0.1, 0.15) is 66.9 Å². The Hall–Kier alpha value is -1.02. The van der Waals surface area contributed by atoms with Crippen LogP contribution in [0.5, 0.6) is 5.75 Å². The van der Waals surface area contributed by atoms with Gasteiger partial charge in [-0.15, -0.1) is 0 Å². The summed E-state index contributed by atoms with van der Waals surface area (Å²) in [5, 5.41) is 3.71. The molecule has 1 atom stereocenters. The van der Waals surface area contributed by atoms with Crippen LogP contribution in [0.2, 0.25) is 0 Å². The number of hydrogen-bond acceptors (Lipinski definition) is 2. The topological polar surface area (TPSA) is 21.3 Å². The Morgan fingerprint density at radius 2 is 1.57 bits per heavy atom. The first-order valence-electron chi connectivity index (χ1n) is 9.14. The molecule has 2 heteroatoms. The highest BCUT2D eigenvalue weighted by Crippen LogP contribution is 2.23. The van der Waals surface area contributed by atoms with Crippen molar-refractivity contribution < 1.29 is 4.74 Å². The minimum Gasteiger partial charge on any atom is -0.493 e. The fourth-order valence-corrected chi connectivity index (χ4v) is 3.14. The Balaban J connectivity index is 2.43. The van der Waals surface area contributed by atoms with E-state index in [-0.39, 0.29) is 5.54 Å². The highest BCUT2D eigenvalue weighted by atomic mass is 16.5. The summed E-state index contributed by atoms with van der Waals surface area (Å²) < 4.78 is 5.74. The van der Waals surface area contributed by atoms with Gasteiger partial charge in [-0.25, -0.2) is 0 Å². The zero-order valence-electron chi connectivity index (χ0n) is 16.3. The molecule has 0 fully saturated rings. The molecule has 0 aliphatic heterocycles. The molecule has 1 N–H and O–H groups in total. The zero-order chi connectivity index (χ0) is 17.5. The van der Waals surface area contributed by atoms with Crippen molar-refractivity contribution in [2.75, 3.05) is 6.61 Å². The lowest BCUT2D eigenvalue weighted by molar-refractivity contribution is 0.270. The molecule has 0 amide bonds. The molecule has 0 radical (unpaired) electrons. The largest absolute Gasteiger partial charge is 0.493 e. The summed E-state index contributed by atoms with van der Waals surface area (Å²) in [5.41, 5.74) is 1.48. The molecular formula is C21H37NO. The summed E-state index contributed by atoms with van der Waals surface area (Å²) in [5.74, 6) is 3.06. The first-order valence-corrected chi connectivity index (χ1v) is 9.14. The smallest absolute Gasteiger partial charge is 0.119 e. The number of rotatable bonds is 10. The lowest BCUT2D eigenvalue weighted by atomic mass is 9.86. The maximum atomic E-state index is 5.74. The molecule has 0 aliphatic carbocycles. The van der Waals surface area contributed by atoms with Crippen LogP contribution in [-0.4, -0.2) is 12.1 Å². The van der Waals surface area contributed by atoms with Crippen LogP contribution in [0, 0.1) is 17.8 Å². The number of benzene rings is 1. The maximum Gasteiger partial charge on any atom is 0.119 e. The van der Waals surface area contributed by atoms with Crippen LogP contribution < -0.4 is 10.1 Å². The number of ether oxygens (including phenoxy) is 1. The summed E-state index contributed by atoms with van der Waals surface area (Å²) in [7, 11) is 0. The predicted molar refractivity (Wildman–Crippen MR) is 101 cm³/mol. The van der Waals surface area contributed by atoms with Gasteiger partial charge in [0.05, 0.1) is 6.61 Å². The van der Waals surface area contributed by atoms with Gasteiger partial charge in [0.15, 0.2) is 0 Å². The predicted octanol–water partition coefficient (Wildman–Crippen LogP) is 5.66. The molecule has 23 heavy (non-hydrogen) atoms. The second kappa shape index (κ2) is 9.32. The highest BCUT2D eigenvalue weighted by molar-refractivity contribution is 5.27. The van der Waals surface area contributed by atoms with Crippen LogP contribution in [0.4, 0.5) is 0 Å². The van der Waals surface area contributed by atoms with Gasteiger partial charge >= 0.3 is 0 Å². The van der Waals surface area contributed by atoms with Gasteiger partial charge in [-0.2, -0.15) is 0 Å². The lowest BCUT2D eigenvalue weighted by Crippen LogP contribution is -2.40. The van der Waals surface area contributed by atoms with Gasteiger partial charge in [-0.3, -0.25) is 0 Å². The molecule has 1 aromatic rings. The van der Waals surface area contributed by atoms with E-state index in [0.717, 1.165) is 30.7 Å². The first-order chi connectivity index (χ1) is 10.7. The van der Waals surface area contributed by atoms with Crippen molar-refractivity contribution in [2.24, 2.45) is 17.8 Å². The second-order valence-electron chi connectivity index (χ2n) is 8.53. The molecule has 1 rings (SSSR count). The fourth-order valence-electron chi connectivity index (χ4n) is 3.14. The maximum absolute atomic E-state index is 5.74. The third-order valence-corrected chi connectivity index (χ3v) is 4.01. The van der Waals surface area contributed by atoms with E-state index < -0.39 is 0 Å². The van der Waals surface area contributed by atoms with E-state index in [1.807, 2.05) is 0 Å². The SMILES string of the molecule is CC(C)COc1ccc(CNC(C)(C)CC(C)CC(C)C)cc1. The molecule has 0 heterocycles. The van der Waals surface area contributed by atoms with Crippen molar-refractivity contribution in [1.82, 2.24) is 5.32 Å². The van der Waals surface area contributed by atoms with Gasteiger partial charge in [-0.05, 0) is 62.1 Å². The van der Waals surface area contributed by atoms with Crippen molar-refractivity contribution in [3.05, 3.63) is 29.8 Å². The molecule has 0 saturated carbocycles. The molecule has 1 aromatic carbocycles. The monoisotopic (exact) mass is 319 g/mol. The molecule has 0 saturated heterocycles. The quantitative estimate of drug-likeness (QED) is 0.600. The van der Waals surface area contributed by atoms with Crippen molar-refractivity contribution in [2.45, 2.75) is 73.4 Å². The van der Waals surface area contributed by atoms with Gasteiger partial charge in [0, 0.05) is 12.1 Å². The summed E-state index contributed by atoms with van der Waals surface area (Å²) in [6, 6.07) is 8.48. The van der Waals surface area contributed by atoms with E-state index in [4.69, 9.17) is 4.74 Å². The third-order valence-electron chi connectivity index (χ3n) is 4.01. The van der Waals surface area contributed by atoms with E-state index >= 15 is 0 Å². The second-order valence-corrected chi connectivity index (χ2v) is 8.53. The van der Waals surface area contributed by atoms with E-state index in [0.29, 0.717) is 5.92 Å². The van der Waals surface area contributed by atoms with E-state index in [9.17, 15) is 0 Å². The standard InChI is InChI=1S/C21H37NO/c1-16(2)12-18(5)13-21(6,7)22-14-19-8-10-20(11-9-19)23-15-17(3)4/h8-11,16-18,22H,12-15H2,1-7H3. The Morgan fingerprint density at radius 1 is 0.957 bits per heavy atom. The molecule has 0 aliphatic rings. The van der Waals surface area contributed by atoms with Gasteiger partial charge < -0.3 is 10.1 Å². The Kier molecular flexibility index (Phi) is 8.11. The number of nitrogens with one attached hydrogen (secondary N) is 1. The van der Waals surface area contributed by atoms with Crippen molar-refractivity contribution in [3.8, 4) is 5.75 Å². The molecule has 1 unspecified atom stereocenters. The van der Waals surface area contributed by atoms with Crippen LogP contribution in [-0.2, 0) is 6.54 Å². The van der Waals surface area contributed by atoms with E-state index in [1.54, 1.807) is 0 Å². The van der Waals surface area contributed by atoms with Gasteiger partial charge in [0.25, 0.3) is 0 Å². The molecule has 132 valence electrons. The van der Waals surface area contributed by atoms with Gasteiger partial charge in [-0.1, -0.05) is 46.8 Å². The molecular weight excluding hydrogens is 282 g/mol. The normalized spacial score (nSPS) is 13.6. The number of hydrogen-bond donors (Lipinski definition) is 1. The first kappa shape index (κ1) is 20.0. The Bertz CT molecular complexity index is 434. The van der Waals surface area contributed by atoms with Crippen LogP contribution >= 0.6 is 0 Å². The fraction of sp³-hybridized carbons (Fsp3) is 0.714. The van der Waals surface area contributed by atoms with Crippen molar-refractivity contribution >= 4 is 0 Å². The highest BCUT2D eigenvalue weighted by Gasteiger charge is 2.20. The van der Waals surface area contributed by atoms with Gasteiger partial charge in [0.1, 0.15) is 5.75 Å². The average molecular weight is 320 g/mol. The van der Waals surface area contributed by atoms with Crippen molar-refractivity contribution in [1.29, 1.82) is 0 Å². The van der Waals surface area contributed by atoms with E-state index in [2.05, 4.69) is 78.0 Å². The van der Waals surface area contributed by atoms with E-state index in [1.165, 1.54) is 18.4 Å². The molecule has 2 nitrogen and oxygen atoms in total. The minimum atomic E-state index is 0.168. The zero-order valence-corrected chi connectivity index (χ0v) is 16.3. The van der Waals surface area contributed by atoms with Gasteiger partial charge in [0.2, 0.25) is 0 Å². The third kappa shape index (κ3) is 9.00. The Morgan fingerprint density at radius 3 is 2.09 bits per heavy atom. The van der Waals surface area contributed by atoms with Crippen LogP contribution in [0.25, 0.3) is 0 Å². The van der Waals surface area contributed by atoms with Crippen LogP contribution in [0.15, 0.2) is 24.3 Å². The van der Waals surface area contributed by atoms with Crippen LogP contribution in [0.3, 0.4) is 0 Å². The minimum absolute atomic E-state index is 0.168. The molecule has 0 spiro atoms. The Labute approximate surface area is 144 Å². The summed E-state index contributed by atoms with van der Waals surface area (Å²) >= 11 is 0. The average Bonchev–Trinajstić information content (AvgIpc) is 2.42.